The number of fused-ring (bicyclic) bond motifs is 1. The van der Waals surface area contributed by atoms with Crippen molar-refractivity contribution in [3.63, 3.8) is 0 Å². The van der Waals surface area contributed by atoms with Crippen molar-refractivity contribution in [2.24, 2.45) is 5.92 Å². The first-order valence-electron chi connectivity index (χ1n) is 10.0. The van der Waals surface area contributed by atoms with Crippen LogP contribution in [0.5, 0.6) is 0 Å². The van der Waals surface area contributed by atoms with Crippen LogP contribution in [0, 0.1) is 5.92 Å². The molecule has 1 atom stereocenters. The third-order valence-corrected chi connectivity index (χ3v) is 6.55. The molecule has 7 heteroatoms. The Morgan fingerprint density at radius 2 is 2.04 bits per heavy atom. The molecule has 2 aliphatic rings. The van der Waals surface area contributed by atoms with Gasteiger partial charge in [-0.25, -0.2) is 0 Å². The van der Waals surface area contributed by atoms with Crippen molar-refractivity contribution in [1.82, 2.24) is 15.1 Å². The minimum absolute atomic E-state index is 0.0613. The molecule has 0 radical (unpaired) electrons. The lowest BCUT2D eigenvalue weighted by Gasteiger charge is -2.54. The van der Waals surface area contributed by atoms with Gasteiger partial charge in [-0.05, 0) is 30.4 Å². The number of hydrogen-bond acceptors (Lipinski definition) is 5. The monoisotopic (exact) mass is 398 g/mol. The van der Waals surface area contributed by atoms with Crippen molar-refractivity contribution >= 4 is 28.3 Å². The molecule has 1 spiro atoms. The molecule has 2 heterocycles. The Kier molecular flexibility index (Phi) is 5.19. The highest BCUT2D eigenvalue weighted by atomic mass is 32.1. The molecule has 6 nitrogen and oxygen atoms in total. The van der Waals surface area contributed by atoms with E-state index in [0.717, 1.165) is 37.7 Å². The fourth-order valence-electron chi connectivity index (χ4n) is 4.88. The molecule has 1 aliphatic carbocycles. The van der Waals surface area contributed by atoms with Gasteiger partial charge in [-0.2, -0.15) is 0 Å². The van der Waals surface area contributed by atoms with Crippen LogP contribution in [0.2, 0.25) is 0 Å². The second kappa shape index (κ2) is 7.62. The number of anilines is 1. The summed E-state index contributed by atoms with van der Waals surface area (Å²) in [4.78, 5) is 29.0. The summed E-state index contributed by atoms with van der Waals surface area (Å²) in [5.74, 6) is -0.0947. The summed E-state index contributed by atoms with van der Waals surface area (Å²) in [6.07, 6.45) is 4.93. The highest BCUT2D eigenvalue weighted by Gasteiger charge is 2.54. The van der Waals surface area contributed by atoms with Crippen LogP contribution in [0.25, 0.3) is 0 Å². The predicted molar refractivity (Wildman–Crippen MR) is 109 cm³/mol. The van der Waals surface area contributed by atoms with E-state index in [-0.39, 0.29) is 11.8 Å². The molecule has 148 valence electrons. The lowest BCUT2D eigenvalue weighted by molar-refractivity contribution is -0.122. The molecular weight excluding hydrogens is 372 g/mol. The number of carbonyl (C=O) groups is 2. The van der Waals surface area contributed by atoms with E-state index in [1.54, 1.807) is 5.51 Å². The number of hydrogen-bond donors (Lipinski definition) is 1. The maximum absolute atomic E-state index is 13.5. The normalized spacial score (nSPS) is 21.0. The minimum atomic E-state index is -0.470. The van der Waals surface area contributed by atoms with Crippen molar-refractivity contribution in [3.8, 4) is 0 Å². The predicted octanol–water partition coefficient (Wildman–Crippen LogP) is 4.08. The number of nitrogens with one attached hydrogen (secondary N) is 1. The summed E-state index contributed by atoms with van der Waals surface area (Å²) in [5.41, 5.74) is 2.63. The number of nitrogens with zero attached hydrogens (tertiary/aromatic N) is 3. The molecule has 28 heavy (non-hydrogen) atoms. The average molecular weight is 399 g/mol. The van der Waals surface area contributed by atoms with Crippen LogP contribution in [-0.2, 0) is 4.79 Å². The molecule has 1 fully saturated rings. The molecule has 0 bridgehead atoms. The van der Waals surface area contributed by atoms with Crippen LogP contribution in [-0.4, -0.2) is 39.0 Å². The zero-order valence-electron chi connectivity index (χ0n) is 16.4. The third kappa shape index (κ3) is 3.21. The van der Waals surface area contributed by atoms with E-state index in [1.807, 2.05) is 29.2 Å². The first-order chi connectivity index (χ1) is 13.5. The van der Waals surface area contributed by atoms with E-state index in [0.29, 0.717) is 23.2 Å². The molecule has 1 aromatic heterocycles. The van der Waals surface area contributed by atoms with Crippen LogP contribution in [0.3, 0.4) is 0 Å². The van der Waals surface area contributed by atoms with Gasteiger partial charge in [-0.15, -0.1) is 10.2 Å². The summed E-state index contributed by atoms with van der Waals surface area (Å²) < 4.78 is 0. The SMILES string of the molecule is CC(C)CN1C(=O)c2ccccc2C(C(=O)Nc2nncs2)C12CCCCC2. The van der Waals surface area contributed by atoms with Crippen molar-refractivity contribution < 1.29 is 9.59 Å². The Balaban J connectivity index is 1.84. The van der Waals surface area contributed by atoms with Gasteiger partial charge in [0, 0.05) is 12.1 Å². The van der Waals surface area contributed by atoms with Gasteiger partial charge < -0.3 is 4.90 Å². The Morgan fingerprint density at radius 3 is 2.71 bits per heavy atom. The first kappa shape index (κ1) is 19.1. The van der Waals surface area contributed by atoms with Crippen LogP contribution < -0.4 is 5.32 Å². The number of carbonyl (C=O) groups excluding carboxylic acids is 2. The highest BCUT2D eigenvalue weighted by Crippen LogP contribution is 2.49. The maximum atomic E-state index is 13.5. The Bertz CT molecular complexity index is 859. The number of benzene rings is 1. The van der Waals surface area contributed by atoms with Gasteiger partial charge in [0.15, 0.2) is 0 Å². The minimum Gasteiger partial charge on any atom is -0.332 e. The lowest BCUT2D eigenvalue weighted by atomic mass is 9.65. The summed E-state index contributed by atoms with van der Waals surface area (Å²) in [7, 11) is 0. The van der Waals surface area contributed by atoms with Gasteiger partial charge in [0.2, 0.25) is 11.0 Å². The molecule has 1 aliphatic heterocycles. The van der Waals surface area contributed by atoms with Crippen molar-refractivity contribution in [2.75, 3.05) is 11.9 Å². The van der Waals surface area contributed by atoms with Crippen LogP contribution in [0.4, 0.5) is 5.13 Å². The topological polar surface area (TPSA) is 75.2 Å². The molecule has 1 saturated carbocycles. The van der Waals surface area contributed by atoms with Crippen LogP contribution in [0.15, 0.2) is 29.8 Å². The zero-order valence-corrected chi connectivity index (χ0v) is 17.2. The number of amides is 2. The molecule has 0 saturated heterocycles. The van der Waals surface area contributed by atoms with Crippen molar-refractivity contribution in [1.29, 1.82) is 0 Å². The summed E-state index contributed by atoms with van der Waals surface area (Å²) >= 11 is 1.31. The Labute approximate surface area is 169 Å². The fourth-order valence-corrected chi connectivity index (χ4v) is 5.33. The summed E-state index contributed by atoms with van der Waals surface area (Å²) in [6.45, 7) is 4.91. The average Bonchev–Trinajstić information content (AvgIpc) is 3.19. The van der Waals surface area contributed by atoms with E-state index in [2.05, 4.69) is 29.4 Å². The Morgan fingerprint density at radius 1 is 1.29 bits per heavy atom. The largest absolute Gasteiger partial charge is 0.332 e. The standard InChI is InChI=1S/C21H26N4O2S/c1-14(2)12-25-19(27)16-9-5-4-8-15(16)17(21(25)10-6-3-7-11-21)18(26)23-20-24-22-13-28-20/h4-5,8-9,13-14,17H,3,6-7,10-12H2,1-2H3,(H,23,24,26). The first-order valence-corrected chi connectivity index (χ1v) is 10.9. The molecule has 1 N–H and O–H groups in total. The zero-order chi connectivity index (χ0) is 19.7. The van der Waals surface area contributed by atoms with Crippen molar-refractivity contribution in [2.45, 2.75) is 57.4 Å². The quantitative estimate of drug-likeness (QED) is 0.842. The molecule has 2 amide bonds. The lowest BCUT2D eigenvalue weighted by Crippen LogP contribution is -2.62. The molecule has 1 aromatic carbocycles. The number of aromatic nitrogens is 2. The van der Waals surface area contributed by atoms with E-state index < -0.39 is 11.5 Å². The van der Waals surface area contributed by atoms with E-state index in [4.69, 9.17) is 0 Å². The summed E-state index contributed by atoms with van der Waals surface area (Å²) in [5, 5.41) is 11.3. The molecular formula is C21H26N4O2S. The maximum Gasteiger partial charge on any atom is 0.254 e. The molecule has 4 rings (SSSR count). The van der Waals surface area contributed by atoms with Crippen LogP contribution in [0.1, 0.15) is 67.8 Å². The number of rotatable bonds is 4. The van der Waals surface area contributed by atoms with E-state index in [9.17, 15) is 9.59 Å². The van der Waals surface area contributed by atoms with Gasteiger partial charge in [0.1, 0.15) is 5.51 Å². The smallest absolute Gasteiger partial charge is 0.254 e. The third-order valence-electron chi connectivity index (χ3n) is 5.94. The van der Waals surface area contributed by atoms with Gasteiger partial charge >= 0.3 is 0 Å². The Hall–Kier alpha value is -2.28. The molecule has 1 unspecified atom stereocenters. The van der Waals surface area contributed by atoms with Gasteiger partial charge in [0.05, 0.1) is 11.5 Å². The van der Waals surface area contributed by atoms with Crippen LogP contribution >= 0.6 is 11.3 Å². The second-order valence-corrected chi connectivity index (χ2v) is 9.06. The van der Waals surface area contributed by atoms with Gasteiger partial charge in [-0.3, -0.25) is 14.9 Å². The highest BCUT2D eigenvalue weighted by molar-refractivity contribution is 7.13. The molecule has 2 aromatic rings. The van der Waals surface area contributed by atoms with Gasteiger partial charge in [0.25, 0.3) is 5.91 Å². The van der Waals surface area contributed by atoms with Crippen molar-refractivity contribution in [3.05, 3.63) is 40.9 Å². The summed E-state index contributed by atoms with van der Waals surface area (Å²) in [6, 6.07) is 7.60. The second-order valence-electron chi connectivity index (χ2n) is 8.23. The van der Waals surface area contributed by atoms with E-state index >= 15 is 0 Å². The van der Waals surface area contributed by atoms with E-state index in [1.165, 1.54) is 11.3 Å². The van der Waals surface area contributed by atoms with Gasteiger partial charge in [-0.1, -0.05) is 62.6 Å². The fraction of sp³-hybridized carbons (Fsp3) is 0.524.